The Kier molecular flexibility index (Phi) is 2.62. The second kappa shape index (κ2) is 3.81. The van der Waals surface area contributed by atoms with Gasteiger partial charge < -0.3 is 5.73 Å². The van der Waals surface area contributed by atoms with Crippen LogP contribution in [-0.4, -0.2) is 12.4 Å². The molecule has 0 aromatic heterocycles. The number of hydrogen-bond donors (Lipinski definition) is 1. The molecule has 1 aliphatic rings. The van der Waals surface area contributed by atoms with Gasteiger partial charge in [0.2, 0.25) is 0 Å². The van der Waals surface area contributed by atoms with Crippen molar-refractivity contribution in [3.05, 3.63) is 29.8 Å². The summed E-state index contributed by atoms with van der Waals surface area (Å²) in [5.74, 6) is 0.722. The molecule has 3 heteroatoms. The fourth-order valence-corrected chi connectivity index (χ4v) is 1.80. The summed E-state index contributed by atoms with van der Waals surface area (Å²) in [6, 6.07) is 8.56. The summed E-state index contributed by atoms with van der Waals surface area (Å²) in [6.45, 7) is 7.54. The zero-order valence-electron chi connectivity index (χ0n) is 10.2. The lowest BCUT2D eigenvalue weighted by Crippen LogP contribution is -2.14. The molecule has 2 rings (SSSR count). The number of hydrazone groups is 1. The SMILES string of the molecule is CC(C)(C)c1ccc(N2CCC(N)=N2)cc1. The van der Waals surface area contributed by atoms with Crippen LogP contribution in [0.25, 0.3) is 0 Å². The van der Waals surface area contributed by atoms with E-state index in [1.165, 1.54) is 5.56 Å². The summed E-state index contributed by atoms with van der Waals surface area (Å²) in [5.41, 5.74) is 8.33. The van der Waals surface area contributed by atoms with Crippen LogP contribution in [0, 0.1) is 0 Å². The largest absolute Gasteiger partial charge is 0.386 e. The zero-order valence-corrected chi connectivity index (χ0v) is 10.2. The molecule has 16 heavy (non-hydrogen) atoms. The van der Waals surface area contributed by atoms with Gasteiger partial charge >= 0.3 is 0 Å². The predicted molar refractivity (Wildman–Crippen MR) is 68.7 cm³/mol. The second-order valence-electron chi connectivity index (χ2n) is 5.26. The van der Waals surface area contributed by atoms with E-state index in [0.717, 1.165) is 24.5 Å². The van der Waals surface area contributed by atoms with Gasteiger partial charge in [0.15, 0.2) is 0 Å². The first kappa shape index (κ1) is 11.0. The first-order valence-electron chi connectivity index (χ1n) is 5.68. The predicted octanol–water partition coefficient (Wildman–Crippen LogP) is 2.47. The summed E-state index contributed by atoms with van der Waals surface area (Å²) in [5, 5.41) is 6.24. The fourth-order valence-electron chi connectivity index (χ4n) is 1.80. The van der Waals surface area contributed by atoms with Crippen LogP contribution in [0.1, 0.15) is 32.8 Å². The van der Waals surface area contributed by atoms with Crippen molar-refractivity contribution in [2.45, 2.75) is 32.6 Å². The summed E-state index contributed by atoms with van der Waals surface area (Å²) >= 11 is 0. The van der Waals surface area contributed by atoms with Crippen LogP contribution in [0.15, 0.2) is 29.4 Å². The number of nitrogens with zero attached hydrogens (tertiary/aromatic N) is 2. The molecule has 1 heterocycles. The minimum absolute atomic E-state index is 0.200. The minimum atomic E-state index is 0.200. The molecule has 0 fully saturated rings. The summed E-state index contributed by atoms with van der Waals surface area (Å²) in [6.07, 6.45) is 0.862. The van der Waals surface area contributed by atoms with Crippen molar-refractivity contribution in [2.75, 3.05) is 11.6 Å². The molecule has 0 atom stereocenters. The van der Waals surface area contributed by atoms with E-state index in [-0.39, 0.29) is 5.41 Å². The lowest BCUT2D eigenvalue weighted by atomic mass is 9.87. The number of rotatable bonds is 1. The Hall–Kier alpha value is -1.51. The van der Waals surface area contributed by atoms with Crippen LogP contribution in [0.4, 0.5) is 5.69 Å². The molecule has 2 N–H and O–H groups in total. The molecule has 1 aliphatic heterocycles. The van der Waals surface area contributed by atoms with Crippen LogP contribution >= 0.6 is 0 Å². The third-order valence-corrected chi connectivity index (χ3v) is 2.86. The molecule has 0 saturated carbocycles. The second-order valence-corrected chi connectivity index (χ2v) is 5.26. The molecule has 3 nitrogen and oxygen atoms in total. The topological polar surface area (TPSA) is 41.6 Å². The van der Waals surface area contributed by atoms with Crippen molar-refractivity contribution in [3.8, 4) is 0 Å². The Bertz CT molecular complexity index is 398. The third kappa shape index (κ3) is 2.18. The maximum atomic E-state index is 5.67. The first-order chi connectivity index (χ1) is 7.47. The number of nitrogens with two attached hydrogens (primary N) is 1. The maximum Gasteiger partial charge on any atom is 0.122 e. The average molecular weight is 217 g/mol. The molecule has 0 aliphatic carbocycles. The molecule has 0 unspecified atom stereocenters. The van der Waals surface area contributed by atoms with E-state index in [2.05, 4.69) is 50.1 Å². The van der Waals surface area contributed by atoms with Crippen LogP contribution in [0.2, 0.25) is 0 Å². The quantitative estimate of drug-likeness (QED) is 0.785. The Morgan fingerprint density at radius 2 is 1.81 bits per heavy atom. The fraction of sp³-hybridized carbons (Fsp3) is 0.462. The van der Waals surface area contributed by atoms with Gasteiger partial charge in [-0.25, -0.2) is 0 Å². The lowest BCUT2D eigenvalue weighted by Gasteiger charge is -2.20. The van der Waals surface area contributed by atoms with Gasteiger partial charge in [-0.2, -0.15) is 5.10 Å². The van der Waals surface area contributed by atoms with Gasteiger partial charge in [0.05, 0.1) is 5.69 Å². The van der Waals surface area contributed by atoms with E-state index in [9.17, 15) is 0 Å². The van der Waals surface area contributed by atoms with Crippen molar-refractivity contribution in [3.63, 3.8) is 0 Å². The number of benzene rings is 1. The first-order valence-corrected chi connectivity index (χ1v) is 5.68. The molecule has 1 aromatic carbocycles. The molecule has 0 bridgehead atoms. The van der Waals surface area contributed by atoms with E-state index in [4.69, 9.17) is 5.73 Å². The smallest absolute Gasteiger partial charge is 0.122 e. The van der Waals surface area contributed by atoms with Crippen molar-refractivity contribution in [1.29, 1.82) is 0 Å². The summed E-state index contributed by atoms with van der Waals surface area (Å²) in [7, 11) is 0. The van der Waals surface area contributed by atoms with Crippen molar-refractivity contribution < 1.29 is 0 Å². The van der Waals surface area contributed by atoms with Gasteiger partial charge in [-0.15, -0.1) is 0 Å². The van der Waals surface area contributed by atoms with Crippen molar-refractivity contribution in [2.24, 2.45) is 10.8 Å². The number of hydrogen-bond acceptors (Lipinski definition) is 3. The molecule has 0 spiro atoms. The number of anilines is 1. The normalized spacial score (nSPS) is 16.4. The highest BCUT2D eigenvalue weighted by Gasteiger charge is 2.16. The minimum Gasteiger partial charge on any atom is -0.386 e. The average Bonchev–Trinajstić information content (AvgIpc) is 2.64. The number of amidine groups is 1. The molecule has 0 amide bonds. The highest BCUT2D eigenvalue weighted by Crippen LogP contribution is 2.25. The Morgan fingerprint density at radius 3 is 2.25 bits per heavy atom. The summed E-state index contributed by atoms with van der Waals surface area (Å²) < 4.78 is 0. The highest BCUT2D eigenvalue weighted by atomic mass is 15.5. The van der Waals surface area contributed by atoms with Gasteiger partial charge in [-0.3, -0.25) is 5.01 Å². The van der Waals surface area contributed by atoms with Crippen molar-refractivity contribution >= 4 is 11.5 Å². The molecule has 0 saturated heterocycles. The van der Waals surface area contributed by atoms with Gasteiger partial charge in [0.25, 0.3) is 0 Å². The molecule has 86 valence electrons. The highest BCUT2D eigenvalue weighted by molar-refractivity contribution is 5.84. The molecular weight excluding hydrogens is 198 g/mol. The molecule has 1 aromatic rings. The van der Waals surface area contributed by atoms with Crippen LogP contribution in [0.5, 0.6) is 0 Å². The zero-order chi connectivity index (χ0) is 11.8. The Morgan fingerprint density at radius 1 is 1.19 bits per heavy atom. The van der Waals surface area contributed by atoms with Crippen molar-refractivity contribution in [1.82, 2.24) is 0 Å². The van der Waals surface area contributed by atoms with Crippen LogP contribution in [0.3, 0.4) is 0 Å². The van der Waals surface area contributed by atoms with E-state index in [1.807, 2.05) is 5.01 Å². The molecular formula is C13H19N3. The summed E-state index contributed by atoms with van der Waals surface area (Å²) in [4.78, 5) is 0. The van der Waals surface area contributed by atoms with Gasteiger partial charge in [0.1, 0.15) is 5.84 Å². The monoisotopic (exact) mass is 217 g/mol. The van der Waals surface area contributed by atoms with E-state index >= 15 is 0 Å². The van der Waals surface area contributed by atoms with Crippen LogP contribution < -0.4 is 10.7 Å². The molecule has 0 radical (unpaired) electrons. The van der Waals surface area contributed by atoms with E-state index in [1.54, 1.807) is 0 Å². The Labute approximate surface area is 96.9 Å². The standard InChI is InChI=1S/C13H19N3/c1-13(2,3)10-4-6-11(7-5-10)16-9-8-12(14)15-16/h4-7H,8-9H2,1-3H3,(H2,14,15). The van der Waals surface area contributed by atoms with Crippen LogP contribution in [-0.2, 0) is 5.41 Å². The van der Waals surface area contributed by atoms with Gasteiger partial charge in [-0.05, 0) is 23.1 Å². The third-order valence-electron chi connectivity index (χ3n) is 2.86. The lowest BCUT2D eigenvalue weighted by molar-refractivity contribution is 0.590. The van der Waals surface area contributed by atoms with E-state index < -0.39 is 0 Å². The van der Waals surface area contributed by atoms with Gasteiger partial charge in [-0.1, -0.05) is 32.9 Å². The van der Waals surface area contributed by atoms with E-state index in [0.29, 0.717) is 0 Å². The van der Waals surface area contributed by atoms with Gasteiger partial charge in [0, 0.05) is 13.0 Å². The Balaban J connectivity index is 2.20. The maximum absolute atomic E-state index is 5.67.